The van der Waals surface area contributed by atoms with Gasteiger partial charge in [0.15, 0.2) is 17.3 Å². The van der Waals surface area contributed by atoms with Crippen molar-refractivity contribution < 1.29 is 18.7 Å². The summed E-state index contributed by atoms with van der Waals surface area (Å²) in [5.41, 5.74) is 2.38. The maximum atomic E-state index is 13.2. The summed E-state index contributed by atoms with van der Waals surface area (Å²) >= 11 is 6.06. The Morgan fingerprint density at radius 2 is 2.03 bits per heavy atom. The minimum absolute atomic E-state index is 0.188. The lowest BCUT2D eigenvalue weighted by molar-refractivity contribution is 0.102. The van der Waals surface area contributed by atoms with Crippen LogP contribution in [0.15, 0.2) is 54.7 Å². The molecular formula is C21H15ClFN5O3. The van der Waals surface area contributed by atoms with E-state index >= 15 is 0 Å². The molecule has 0 fully saturated rings. The fourth-order valence-corrected chi connectivity index (χ4v) is 3.39. The van der Waals surface area contributed by atoms with Crippen LogP contribution in [0.1, 0.15) is 16.1 Å². The minimum atomic E-state index is -0.401. The van der Waals surface area contributed by atoms with E-state index in [1.807, 2.05) is 12.1 Å². The third kappa shape index (κ3) is 3.95. The molecule has 10 heteroatoms. The zero-order chi connectivity index (χ0) is 21.4. The van der Waals surface area contributed by atoms with Crippen molar-refractivity contribution in [2.24, 2.45) is 0 Å². The molecule has 0 radical (unpaired) electrons. The Bertz CT molecular complexity index is 1290. The number of carbonyl (C=O) groups is 1. The number of anilines is 1. The Labute approximate surface area is 180 Å². The lowest BCUT2D eigenvalue weighted by Crippen LogP contribution is -2.13. The highest BCUT2D eigenvalue weighted by Gasteiger charge is 2.17. The lowest BCUT2D eigenvalue weighted by atomic mass is 10.1. The van der Waals surface area contributed by atoms with Crippen molar-refractivity contribution in [1.82, 2.24) is 20.0 Å². The number of benzene rings is 2. The molecule has 0 saturated heterocycles. The number of nitrogens with zero attached hydrogens (tertiary/aromatic N) is 3. The van der Waals surface area contributed by atoms with Gasteiger partial charge in [0.1, 0.15) is 11.5 Å². The Hall–Kier alpha value is -3.85. The quantitative estimate of drug-likeness (QED) is 0.488. The maximum Gasteiger partial charge on any atom is 0.274 e. The third-order valence-corrected chi connectivity index (χ3v) is 5.07. The van der Waals surface area contributed by atoms with Crippen LogP contribution in [0.25, 0.3) is 11.3 Å². The molecular weight excluding hydrogens is 425 g/mol. The average Bonchev–Trinajstić information content (AvgIpc) is 3.50. The van der Waals surface area contributed by atoms with Gasteiger partial charge in [-0.1, -0.05) is 17.7 Å². The summed E-state index contributed by atoms with van der Waals surface area (Å²) in [6, 6.07) is 12.9. The van der Waals surface area contributed by atoms with Crippen molar-refractivity contribution in [3.05, 3.63) is 76.8 Å². The number of aromatic amines is 1. The maximum absolute atomic E-state index is 13.2. The predicted octanol–water partition coefficient (Wildman–Crippen LogP) is 4.10. The zero-order valence-corrected chi connectivity index (χ0v) is 16.7. The number of fused-ring (bicyclic) bond motifs is 1. The molecule has 0 unspecified atom stereocenters. The summed E-state index contributed by atoms with van der Waals surface area (Å²) in [6.07, 6.45) is 1.69. The first-order chi connectivity index (χ1) is 15.0. The van der Waals surface area contributed by atoms with Crippen molar-refractivity contribution in [2.75, 3.05) is 12.1 Å². The molecule has 0 aliphatic carbocycles. The number of ether oxygens (including phenoxy) is 2. The van der Waals surface area contributed by atoms with E-state index in [9.17, 15) is 9.18 Å². The normalized spacial score (nSPS) is 12.2. The molecule has 0 saturated carbocycles. The SMILES string of the molecule is O=C(Nc1ccn(Cc2ccc(F)cc2Cl)n1)c1cc(-c2ccc3c(c2)OCO3)n[nH]1. The van der Waals surface area contributed by atoms with Gasteiger partial charge in [-0.25, -0.2) is 4.39 Å². The number of halogens is 2. The summed E-state index contributed by atoms with van der Waals surface area (Å²) in [5.74, 6) is 0.891. The van der Waals surface area contributed by atoms with Gasteiger partial charge < -0.3 is 14.8 Å². The van der Waals surface area contributed by atoms with Gasteiger partial charge in [-0.15, -0.1) is 0 Å². The largest absolute Gasteiger partial charge is 0.454 e. The number of nitrogens with one attached hydrogen (secondary N) is 2. The van der Waals surface area contributed by atoms with Gasteiger partial charge in [-0.2, -0.15) is 10.2 Å². The number of aromatic nitrogens is 4. The summed E-state index contributed by atoms with van der Waals surface area (Å²) in [7, 11) is 0. The van der Waals surface area contributed by atoms with Crippen molar-refractivity contribution >= 4 is 23.3 Å². The standard InChI is InChI=1S/C21H15ClFN5O3/c22-15-8-14(23)3-1-13(15)10-28-6-5-20(27-28)24-21(29)17-9-16(25-26-17)12-2-4-18-19(7-12)31-11-30-18/h1-9H,10-11H2,(H,25,26)(H,24,27,29). The van der Waals surface area contributed by atoms with Crippen LogP contribution in [0.3, 0.4) is 0 Å². The summed E-state index contributed by atoms with van der Waals surface area (Å²) < 4.78 is 25.5. The molecule has 1 aliphatic rings. The highest BCUT2D eigenvalue weighted by atomic mass is 35.5. The first-order valence-electron chi connectivity index (χ1n) is 9.29. The Balaban J connectivity index is 1.27. The van der Waals surface area contributed by atoms with E-state index < -0.39 is 5.82 Å². The predicted molar refractivity (Wildman–Crippen MR) is 111 cm³/mol. The van der Waals surface area contributed by atoms with Crippen LogP contribution >= 0.6 is 11.6 Å². The van der Waals surface area contributed by atoms with E-state index in [1.54, 1.807) is 35.1 Å². The molecule has 2 aromatic carbocycles. The number of amides is 1. The van der Waals surface area contributed by atoms with Crippen molar-refractivity contribution in [3.8, 4) is 22.8 Å². The van der Waals surface area contributed by atoms with Crippen LogP contribution in [0.5, 0.6) is 11.5 Å². The molecule has 8 nitrogen and oxygen atoms in total. The van der Waals surface area contributed by atoms with E-state index in [2.05, 4.69) is 20.6 Å². The fourth-order valence-electron chi connectivity index (χ4n) is 3.17. The monoisotopic (exact) mass is 439 g/mol. The first-order valence-corrected chi connectivity index (χ1v) is 9.67. The minimum Gasteiger partial charge on any atom is -0.454 e. The summed E-state index contributed by atoms with van der Waals surface area (Å²) in [6.45, 7) is 0.528. The molecule has 1 amide bonds. The van der Waals surface area contributed by atoms with E-state index in [0.717, 1.165) is 5.56 Å². The molecule has 156 valence electrons. The third-order valence-electron chi connectivity index (χ3n) is 4.72. The van der Waals surface area contributed by atoms with Crippen LogP contribution in [0.2, 0.25) is 5.02 Å². The molecule has 2 aromatic heterocycles. The number of carbonyl (C=O) groups excluding carboxylic acids is 1. The lowest BCUT2D eigenvalue weighted by Gasteiger charge is -2.05. The van der Waals surface area contributed by atoms with Crippen molar-refractivity contribution in [1.29, 1.82) is 0 Å². The number of hydrogen-bond acceptors (Lipinski definition) is 5. The smallest absolute Gasteiger partial charge is 0.274 e. The Kier molecular flexibility index (Phi) is 4.79. The second-order valence-corrected chi connectivity index (χ2v) is 7.23. The summed E-state index contributed by atoms with van der Waals surface area (Å²) in [5, 5.41) is 14.3. The second kappa shape index (κ2) is 7.77. The number of rotatable bonds is 5. The van der Waals surface area contributed by atoms with E-state index in [-0.39, 0.29) is 18.4 Å². The molecule has 31 heavy (non-hydrogen) atoms. The van der Waals surface area contributed by atoms with Crippen LogP contribution < -0.4 is 14.8 Å². The van der Waals surface area contributed by atoms with Crippen LogP contribution in [0.4, 0.5) is 10.2 Å². The molecule has 1 aliphatic heterocycles. The van der Waals surface area contributed by atoms with Gasteiger partial charge in [0.25, 0.3) is 5.91 Å². The molecule has 3 heterocycles. The van der Waals surface area contributed by atoms with Crippen LogP contribution in [-0.2, 0) is 6.54 Å². The van der Waals surface area contributed by atoms with Gasteiger partial charge in [0.2, 0.25) is 6.79 Å². The van der Waals surface area contributed by atoms with Gasteiger partial charge in [-0.3, -0.25) is 14.6 Å². The number of hydrogen-bond donors (Lipinski definition) is 2. The molecule has 4 aromatic rings. The molecule has 0 spiro atoms. The zero-order valence-electron chi connectivity index (χ0n) is 15.9. The topological polar surface area (TPSA) is 94.1 Å². The van der Waals surface area contributed by atoms with Crippen molar-refractivity contribution in [2.45, 2.75) is 6.54 Å². The van der Waals surface area contributed by atoms with E-state index in [4.69, 9.17) is 21.1 Å². The number of H-pyrrole nitrogens is 1. The Morgan fingerprint density at radius 3 is 2.90 bits per heavy atom. The summed E-state index contributed by atoms with van der Waals surface area (Å²) in [4.78, 5) is 12.6. The first kappa shape index (κ1) is 19.1. The van der Waals surface area contributed by atoms with Gasteiger partial charge in [0.05, 0.1) is 12.2 Å². The van der Waals surface area contributed by atoms with Gasteiger partial charge >= 0.3 is 0 Å². The second-order valence-electron chi connectivity index (χ2n) is 6.82. The van der Waals surface area contributed by atoms with E-state index in [0.29, 0.717) is 40.1 Å². The van der Waals surface area contributed by atoms with E-state index in [1.165, 1.54) is 12.1 Å². The molecule has 0 atom stereocenters. The van der Waals surface area contributed by atoms with Gasteiger partial charge in [0, 0.05) is 22.8 Å². The molecule has 2 N–H and O–H groups in total. The van der Waals surface area contributed by atoms with Crippen LogP contribution in [-0.4, -0.2) is 32.7 Å². The van der Waals surface area contributed by atoms with Crippen LogP contribution in [0, 0.1) is 5.82 Å². The fraction of sp³-hybridized carbons (Fsp3) is 0.0952. The van der Waals surface area contributed by atoms with Crippen molar-refractivity contribution in [3.63, 3.8) is 0 Å². The average molecular weight is 440 g/mol. The highest BCUT2D eigenvalue weighted by molar-refractivity contribution is 6.31. The molecule has 0 bridgehead atoms. The molecule has 5 rings (SSSR count). The highest BCUT2D eigenvalue weighted by Crippen LogP contribution is 2.35. The Morgan fingerprint density at radius 1 is 1.16 bits per heavy atom. The van der Waals surface area contributed by atoms with Gasteiger partial charge in [-0.05, 0) is 42.0 Å².